The minimum Gasteiger partial charge on any atom is -0.444 e. The van der Waals surface area contributed by atoms with E-state index in [9.17, 15) is 4.79 Å². The molecule has 1 spiro atoms. The van der Waals surface area contributed by atoms with Gasteiger partial charge in [0.15, 0.2) is 0 Å². The van der Waals surface area contributed by atoms with Crippen LogP contribution in [0.25, 0.3) is 0 Å². The zero-order valence-electron chi connectivity index (χ0n) is 15.6. The second-order valence-electron chi connectivity index (χ2n) is 9.16. The Bertz CT molecular complexity index is 666. The van der Waals surface area contributed by atoms with Crippen molar-refractivity contribution >= 4 is 11.9 Å². The molecule has 5 nitrogen and oxygen atoms in total. The number of pyridine rings is 1. The van der Waals surface area contributed by atoms with Crippen molar-refractivity contribution in [2.24, 2.45) is 11.3 Å². The van der Waals surface area contributed by atoms with Crippen LogP contribution in [0.1, 0.15) is 51.3 Å². The second-order valence-corrected chi connectivity index (χ2v) is 9.16. The molecule has 1 saturated carbocycles. The molecule has 0 aromatic carbocycles. The Kier molecular flexibility index (Phi) is 3.93. The van der Waals surface area contributed by atoms with Gasteiger partial charge in [-0.05, 0) is 70.4 Å². The lowest BCUT2D eigenvalue weighted by Gasteiger charge is -2.58. The van der Waals surface area contributed by atoms with Crippen LogP contribution in [-0.4, -0.2) is 41.2 Å². The van der Waals surface area contributed by atoms with Crippen LogP contribution in [0.4, 0.5) is 10.6 Å². The van der Waals surface area contributed by atoms with E-state index in [0.29, 0.717) is 11.3 Å². The monoisotopic (exact) mass is 343 g/mol. The number of aromatic nitrogens is 1. The number of nitrogens with zero attached hydrogens (tertiary/aromatic N) is 2. The van der Waals surface area contributed by atoms with Gasteiger partial charge in [-0.1, -0.05) is 6.07 Å². The van der Waals surface area contributed by atoms with Gasteiger partial charge in [0.25, 0.3) is 0 Å². The minimum atomic E-state index is -0.409. The van der Waals surface area contributed by atoms with E-state index in [1.54, 1.807) is 0 Å². The highest BCUT2D eigenvalue weighted by Gasteiger charge is 2.54. The van der Waals surface area contributed by atoms with E-state index >= 15 is 0 Å². The maximum absolute atomic E-state index is 12.1. The van der Waals surface area contributed by atoms with Gasteiger partial charge in [0.2, 0.25) is 0 Å². The third kappa shape index (κ3) is 3.46. The molecule has 5 heteroatoms. The summed E-state index contributed by atoms with van der Waals surface area (Å²) in [5.41, 5.74) is 2.51. The molecule has 0 unspecified atom stereocenters. The molecule has 3 heterocycles. The van der Waals surface area contributed by atoms with Gasteiger partial charge < -0.3 is 15.0 Å². The van der Waals surface area contributed by atoms with Gasteiger partial charge in [-0.2, -0.15) is 0 Å². The van der Waals surface area contributed by atoms with Crippen molar-refractivity contribution in [2.45, 2.75) is 58.5 Å². The molecule has 1 aliphatic carbocycles. The highest BCUT2D eigenvalue weighted by Crippen LogP contribution is 2.53. The van der Waals surface area contributed by atoms with Crippen molar-refractivity contribution in [1.82, 2.24) is 9.88 Å². The van der Waals surface area contributed by atoms with Crippen molar-refractivity contribution < 1.29 is 9.53 Å². The lowest BCUT2D eigenvalue weighted by Crippen LogP contribution is -2.64. The average molecular weight is 343 g/mol. The Hall–Kier alpha value is -1.78. The van der Waals surface area contributed by atoms with Crippen LogP contribution in [0.15, 0.2) is 12.1 Å². The number of nitrogens with one attached hydrogen (secondary N) is 1. The van der Waals surface area contributed by atoms with Gasteiger partial charge in [0.1, 0.15) is 11.4 Å². The van der Waals surface area contributed by atoms with Gasteiger partial charge >= 0.3 is 6.09 Å². The number of anilines is 1. The summed E-state index contributed by atoms with van der Waals surface area (Å²) in [6.45, 7) is 8.51. The predicted molar refractivity (Wildman–Crippen MR) is 97.7 cm³/mol. The fourth-order valence-electron chi connectivity index (χ4n) is 4.56. The Balaban J connectivity index is 1.26. The number of carbonyl (C=O) groups excluding carboxylic acids is 1. The van der Waals surface area contributed by atoms with Crippen LogP contribution in [0.3, 0.4) is 0 Å². The Morgan fingerprint density at radius 1 is 1.36 bits per heavy atom. The number of ether oxygens (including phenoxy) is 1. The van der Waals surface area contributed by atoms with Crippen molar-refractivity contribution in [3.05, 3.63) is 23.4 Å². The van der Waals surface area contributed by atoms with Crippen molar-refractivity contribution in [2.75, 3.05) is 25.0 Å². The molecule has 0 bridgehead atoms. The number of hydrogen-bond donors (Lipinski definition) is 1. The number of aryl methyl sites for hydroxylation is 1. The molecule has 3 aliphatic rings. The summed E-state index contributed by atoms with van der Waals surface area (Å²) in [7, 11) is 0. The quantitative estimate of drug-likeness (QED) is 0.891. The molecular formula is C20H29N3O2. The molecule has 2 fully saturated rings. The third-order valence-electron chi connectivity index (χ3n) is 5.60. The lowest BCUT2D eigenvalue weighted by atomic mass is 9.57. The number of hydrogen-bond acceptors (Lipinski definition) is 4. The smallest absolute Gasteiger partial charge is 0.410 e. The summed E-state index contributed by atoms with van der Waals surface area (Å²) < 4.78 is 5.45. The Labute approximate surface area is 150 Å². The fraction of sp³-hybridized carbons (Fsp3) is 0.700. The number of fused-ring (bicyclic) bond motifs is 1. The summed E-state index contributed by atoms with van der Waals surface area (Å²) >= 11 is 0. The van der Waals surface area contributed by atoms with Crippen molar-refractivity contribution in [1.29, 1.82) is 0 Å². The molecule has 1 saturated heterocycles. The largest absolute Gasteiger partial charge is 0.444 e. The standard InChI is InChI=1S/C20H29N3O2/c1-19(2,3)25-18(24)23-12-20(13-23)10-14(11-20)9-16-7-6-15-5-4-8-21-17(15)22-16/h6-7,14H,4-5,8-13H2,1-3H3,(H,21,22). The van der Waals surface area contributed by atoms with E-state index in [4.69, 9.17) is 9.72 Å². The number of carbonyl (C=O) groups is 1. The molecular weight excluding hydrogens is 314 g/mol. The zero-order chi connectivity index (χ0) is 17.7. The first-order valence-electron chi connectivity index (χ1n) is 9.53. The normalized spacial score (nSPS) is 21.8. The highest BCUT2D eigenvalue weighted by atomic mass is 16.6. The number of amides is 1. The van der Waals surface area contributed by atoms with Crippen molar-refractivity contribution in [3.63, 3.8) is 0 Å². The molecule has 1 aromatic rings. The molecule has 0 atom stereocenters. The van der Waals surface area contributed by atoms with Gasteiger partial charge in [-0.3, -0.25) is 0 Å². The van der Waals surface area contributed by atoms with Crippen molar-refractivity contribution in [3.8, 4) is 0 Å². The Morgan fingerprint density at radius 2 is 2.12 bits per heavy atom. The molecule has 2 aliphatic heterocycles. The topological polar surface area (TPSA) is 54.5 Å². The first-order valence-corrected chi connectivity index (χ1v) is 9.53. The third-order valence-corrected chi connectivity index (χ3v) is 5.60. The summed E-state index contributed by atoms with van der Waals surface area (Å²) in [6.07, 6.45) is 5.65. The first-order chi connectivity index (χ1) is 11.8. The maximum atomic E-state index is 12.1. The summed E-state index contributed by atoms with van der Waals surface area (Å²) in [5.74, 6) is 1.80. The van der Waals surface area contributed by atoms with Crippen LogP contribution < -0.4 is 5.32 Å². The second kappa shape index (κ2) is 5.89. The van der Waals surface area contributed by atoms with E-state index in [1.807, 2.05) is 25.7 Å². The molecule has 4 rings (SSSR count). The maximum Gasteiger partial charge on any atom is 0.410 e. The van der Waals surface area contributed by atoms with E-state index < -0.39 is 5.60 Å². The van der Waals surface area contributed by atoms with Gasteiger partial charge in [0.05, 0.1) is 0 Å². The summed E-state index contributed by atoms with van der Waals surface area (Å²) in [5, 5.41) is 3.42. The van der Waals surface area contributed by atoms with Crippen LogP contribution >= 0.6 is 0 Å². The van der Waals surface area contributed by atoms with Gasteiger partial charge in [0, 0.05) is 30.7 Å². The van der Waals surface area contributed by atoms with E-state index in [-0.39, 0.29) is 6.09 Å². The lowest BCUT2D eigenvalue weighted by molar-refractivity contribution is -0.0949. The summed E-state index contributed by atoms with van der Waals surface area (Å²) in [4.78, 5) is 18.7. The zero-order valence-corrected chi connectivity index (χ0v) is 15.6. The van der Waals surface area contributed by atoms with E-state index in [2.05, 4.69) is 17.4 Å². The highest BCUT2D eigenvalue weighted by molar-refractivity contribution is 5.69. The Morgan fingerprint density at radius 3 is 2.84 bits per heavy atom. The molecule has 1 aromatic heterocycles. The molecule has 1 N–H and O–H groups in total. The summed E-state index contributed by atoms with van der Waals surface area (Å²) in [6, 6.07) is 4.44. The van der Waals surface area contributed by atoms with E-state index in [0.717, 1.165) is 38.3 Å². The molecule has 0 radical (unpaired) electrons. The molecule has 1 amide bonds. The van der Waals surface area contributed by atoms with Crippen LogP contribution in [0.5, 0.6) is 0 Å². The molecule has 136 valence electrons. The minimum absolute atomic E-state index is 0.163. The average Bonchev–Trinajstić information content (AvgIpc) is 2.46. The predicted octanol–water partition coefficient (Wildman–Crippen LogP) is 3.63. The van der Waals surface area contributed by atoms with Crippen LogP contribution in [0.2, 0.25) is 0 Å². The molecule has 25 heavy (non-hydrogen) atoms. The van der Waals surface area contributed by atoms with E-state index in [1.165, 1.54) is 30.5 Å². The van der Waals surface area contributed by atoms with Gasteiger partial charge in [-0.25, -0.2) is 9.78 Å². The first kappa shape index (κ1) is 16.7. The number of rotatable bonds is 2. The van der Waals surface area contributed by atoms with Gasteiger partial charge in [-0.15, -0.1) is 0 Å². The fourth-order valence-corrected chi connectivity index (χ4v) is 4.56. The van der Waals surface area contributed by atoms with Crippen LogP contribution in [-0.2, 0) is 17.6 Å². The van der Waals surface area contributed by atoms with Crippen LogP contribution in [0, 0.1) is 11.3 Å². The SMILES string of the molecule is CC(C)(C)OC(=O)N1CC2(CC(Cc3ccc4c(n3)NCCC4)C2)C1. The number of likely N-dealkylation sites (tertiary alicyclic amines) is 1.